The summed E-state index contributed by atoms with van der Waals surface area (Å²) < 4.78 is 5.32. The highest BCUT2D eigenvalue weighted by molar-refractivity contribution is 8.16. The Morgan fingerprint density at radius 2 is 2.18 bits per heavy atom. The summed E-state index contributed by atoms with van der Waals surface area (Å²) in [7, 11) is 0. The van der Waals surface area contributed by atoms with Crippen LogP contribution < -0.4 is 5.32 Å². The van der Waals surface area contributed by atoms with Crippen LogP contribution >= 0.6 is 23.1 Å². The molecule has 0 saturated carbocycles. The molecule has 2 aliphatic heterocycles. The van der Waals surface area contributed by atoms with E-state index in [-0.39, 0.29) is 30.4 Å². The number of fused-ring (bicyclic) bond motifs is 1. The maximum atomic E-state index is 12.7. The van der Waals surface area contributed by atoms with Gasteiger partial charge in [0.1, 0.15) is 0 Å². The average molecular weight is 420 g/mol. The lowest BCUT2D eigenvalue weighted by Gasteiger charge is -2.35. The first-order valence-corrected chi connectivity index (χ1v) is 11.2. The monoisotopic (exact) mass is 419 g/mol. The molecule has 0 spiro atoms. The van der Waals surface area contributed by atoms with Gasteiger partial charge in [-0.1, -0.05) is 18.7 Å². The van der Waals surface area contributed by atoms with Crippen molar-refractivity contribution in [2.75, 3.05) is 6.61 Å². The van der Waals surface area contributed by atoms with Crippen LogP contribution in [0.2, 0.25) is 0 Å². The molecular formula is C20H25N3O3S2. The molecule has 28 heavy (non-hydrogen) atoms. The van der Waals surface area contributed by atoms with Gasteiger partial charge in [0.2, 0.25) is 5.91 Å². The van der Waals surface area contributed by atoms with E-state index in [1.807, 2.05) is 47.9 Å². The lowest BCUT2D eigenvalue weighted by atomic mass is 9.96. The maximum Gasteiger partial charge on any atom is 0.338 e. The Morgan fingerprint density at radius 1 is 1.39 bits per heavy atom. The summed E-state index contributed by atoms with van der Waals surface area (Å²) in [5, 5.41) is 9.76. The van der Waals surface area contributed by atoms with Crippen molar-refractivity contribution in [3.8, 4) is 0 Å². The van der Waals surface area contributed by atoms with Crippen LogP contribution in [0.3, 0.4) is 0 Å². The molecule has 1 amide bonds. The molecular weight excluding hydrogens is 394 g/mol. The molecule has 8 heteroatoms. The van der Waals surface area contributed by atoms with E-state index in [9.17, 15) is 9.59 Å². The molecule has 6 nitrogen and oxygen atoms in total. The maximum absolute atomic E-state index is 12.7. The number of hydrogen-bond donors (Lipinski definition) is 1. The molecule has 1 N–H and O–H groups in total. The van der Waals surface area contributed by atoms with Crippen molar-refractivity contribution in [1.82, 2.24) is 10.2 Å². The zero-order chi connectivity index (χ0) is 20.3. The van der Waals surface area contributed by atoms with E-state index in [4.69, 9.17) is 4.74 Å². The molecule has 1 aromatic rings. The van der Waals surface area contributed by atoms with E-state index in [2.05, 4.69) is 10.3 Å². The van der Waals surface area contributed by atoms with E-state index in [1.165, 1.54) is 11.8 Å². The first kappa shape index (κ1) is 20.7. The molecule has 3 rings (SSSR count). The molecule has 0 bridgehead atoms. The van der Waals surface area contributed by atoms with Gasteiger partial charge < -0.3 is 15.0 Å². The second kappa shape index (κ2) is 8.96. The van der Waals surface area contributed by atoms with Crippen LogP contribution in [-0.2, 0) is 14.3 Å². The van der Waals surface area contributed by atoms with E-state index < -0.39 is 0 Å². The van der Waals surface area contributed by atoms with Gasteiger partial charge in [-0.2, -0.15) is 11.3 Å². The molecule has 0 fully saturated rings. The number of thiophene rings is 1. The number of aliphatic imine (C=N–C) groups is 1. The first-order valence-electron chi connectivity index (χ1n) is 9.39. The number of nitrogens with one attached hydrogen (secondary N) is 1. The zero-order valence-electron chi connectivity index (χ0n) is 16.5. The normalized spacial score (nSPS) is 19.7. The van der Waals surface area contributed by atoms with Crippen LogP contribution in [0, 0.1) is 0 Å². The number of allylic oxidation sites excluding steroid dienone is 1. The Bertz CT molecular complexity index is 843. The minimum atomic E-state index is -0.362. The summed E-state index contributed by atoms with van der Waals surface area (Å²) >= 11 is 3.06. The molecule has 0 radical (unpaired) electrons. The molecule has 0 saturated heterocycles. The van der Waals surface area contributed by atoms with Gasteiger partial charge in [-0.25, -0.2) is 9.79 Å². The van der Waals surface area contributed by atoms with Crippen molar-refractivity contribution in [3.05, 3.63) is 44.8 Å². The highest BCUT2D eigenvalue weighted by Crippen LogP contribution is 2.45. The van der Waals surface area contributed by atoms with Crippen LogP contribution in [-0.4, -0.2) is 34.6 Å². The largest absolute Gasteiger partial charge is 0.463 e. The fraction of sp³-hybridized carbons (Fsp3) is 0.450. The van der Waals surface area contributed by atoms with E-state index in [0.29, 0.717) is 17.9 Å². The Morgan fingerprint density at radius 3 is 2.82 bits per heavy atom. The summed E-state index contributed by atoms with van der Waals surface area (Å²) in [5.74, 6) is -0.394. The van der Waals surface area contributed by atoms with Crippen LogP contribution in [0.1, 0.15) is 52.1 Å². The molecule has 0 aliphatic carbocycles. The van der Waals surface area contributed by atoms with Gasteiger partial charge in [0.25, 0.3) is 0 Å². The van der Waals surface area contributed by atoms with Gasteiger partial charge in [-0.15, -0.1) is 0 Å². The summed E-state index contributed by atoms with van der Waals surface area (Å²) in [5.41, 5.74) is 3.03. The minimum Gasteiger partial charge on any atom is -0.463 e. The second-order valence-corrected chi connectivity index (χ2v) is 8.34. The summed E-state index contributed by atoms with van der Waals surface area (Å²) in [6.07, 6.45) is 1.12. The van der Waals surface area contributed by atoms with Crippen molar-refractivity contribution in [2.45, 2.75) is 52.6 Å². The van der Waals surface area contributed by atoms with Gasteiger partial charge in [0.05, 0.1) is 30.3 Å². The van der Waals surface area contributed by atoms with Crippen molar-refractivity contribution in [1.29, 1.82) is 0 Å². The highest BCUT2D eigenvalue weighted by Gasteiger charge is 2.41. The first-order chi connectivity index (χ1) is 13.5. The van der Waals surface area contributed by atoms with Gasteiger partial charge in [0, 0.05) is 11.7 Å². The minimum absolute atomic E-state index is 0.0320. The number of amides is 1. The molecule has 2 atom stereocenters. The number of amidine groups is 1. The van der Waals surface area contributed by atoms with Crippen molar-refractivity contribution in [3.63, 3.8) is 0 Å². The van der Waals surface area contributed by atoms with Crippen LogP contribution in [0.25, 0.3) is 0 Å². The lowest BCUT2D eigenvalue weighted by molar-refractivity contribution is -0.139. The fourth-order valence-electron chi connectivity index (χ4n) is 3.18. The molecule has 150 valence electrons. The number of ether oxygens (including phenoxy) is 1. The Kier molecular flexibility index (Phi) is 6.61. The molecule has 0 aromatic carbocycles. The van der Waals surface area contributed by atoms with Gasteiger partial charge >= 0.3 is 5.97 Å². The van der Waals surface area contributed by atoms with Gasteiger partial charge in [-0.3, -0.25) is 4.79 Å². The smallest absolute Gasteiger partial charge is 0.338 e. The summed E-state index contributed by atoms with van der Waals surface area (Å²) in [6.45, 7) is 7.96. The predicted octanol–water partition coefficient (Wildman–Crippen LogP) is 4.19. The second-order valence-electron chi connectivity index (χ2n) is 6.72. The summed E-state index contributed by atoms with van der Waals surface area (Å²) in [4.78, 5) is 31.9. The van der Waals surface area contributed by atoms with Gasteiger partial charge in [0.15, 0.2) is 5.17 Å². The number of carbonyl (C=O) groups is 2. The standard InChI is InChI=1S/C20H25N3O3S2/c1-5-12(3)21-16(24)9-15-11-28-20-22-13(4)17(19(25)26-6-2)18(23(15)20)14-7-8-27-10-14/h7-8,10-12,18H,5-6,9H2,1-4H3,(H,21,24). The van der Waals surface area contributed by atoms with Crippen LogP contribution in [0.4, 0.5) is 0 Å². The van der Waals surface area contributed by atoms with Gasteiger partial charge in [-0.05, 0) is 55.0 Å². The molecule has 2 unspecified atom stereocenters. The number of hydrogen-bond acceptors (Lipinski definition) is 7. The van der Waals surface area contributed by atoms with Crippen molar-refractivity contribution < 1.29 is 14.3 Å². The SMILES string of the molecule is CCOC(=O)C1=C(C)N=C2SC=C(CC(=O)NC(C)CC)N2C1c1ccsc1. The lowest BCUT2D eigenvalue weighted by Crippen LogP contribution is -2.39. The number of rotatable bonds is 7. The molecule has 1 aromatic heterocycles. The summed E-state index contributed by atoms with van der Waals surface area (Å²) in [6, 6.07) is 1.79. The Hall–Kier alpha value is -2.06. The Labute approximate surface area is 173 Å². The number of nitrogens with zero attached hydrogens (tertiary/aromatic N) is 2. The van der Waals surface area contributed by atoms with E-state index in [0.717, 1.165) is 22.8 Å². The number of carbonyl (C=O) groups excluding carboxylic acids is 2. The van der Waals surface area contributed by atoms with E-state index in [1.54, 1.807) is 18.3 Å². The van der Waals surface area contributed by atoms with Crippen molar-refractivity contribution in [2.24, 2.45) is 4.99 Å². The third kappa shape index (κ3) is 4.17. The topological polar surface area (TPSA) is 71.0 Å². The van der Waals surface area contributed by atoms with Crippen LogP contribution in [0.15, 0.2) is 44.2 Å². The zero-order valence-corrected chi connectivity index (χ0v) is 18.2. The predicted molar refractivity (Wildman–Crippen MR) is 114 cm³/mol. The highest BCUT2D eigenvalue weighted by atomic mass is 32.2. The van der Waals surface area contributed by atoms with Crippen LogP contribution in [0.5, 0.6) is 0 Å². The fourth-order valence-corrected chi connectivity index (χ4v) is 4.82. The molecule has 3 heterocycles. The third-order valence-electron chi connectivity index (χ3n) is 4.72. The number of esters is 1. The quantitative estimate of drug-likeness (QED) is 0.671. The average Bonchev–Trinajstić information content (AvgIpc) is 3.31. The van der Waals surface area contributed by atoms with E-state index >= 15 is 0 Å². The third-order valence-corrected chi connectivity index (χ3v) is 6.31. The molecule has 2 aliphatic rings. The number of thioether (sulfide) groups is 1. The van der Waals surface area contributed by atoms with Crippen molar-refractivity contribution >= 4 is 40.1 Å². The Balaban J connectivity index is 1.94.